The van der Waals surface area contributed by atoms with Gasteiger partial charge in [0.25, 0.3) is 0 Å². The highest BCUT2D eigenvalue weighted by Crippen LogP contribution is 2.34. The standard InChI is InChI=1S/C27H31FN2O4S/c1-34-20-5-8-25-23(16-20)22(10-12-29-25)26(31)9-2-18-11-13-30(17-24(18)27(32)33)14-15-35-21-6-3-19(28)4-7-21/h3-8,10,12,16,18,24,26,31H,2,9,11,13-15,17H2,1H3,(H,32,33)/t18-,24+,26-/m1/s1. The summed E-state index contributed by atoms with van der Waals surface area (Å²) in [5.74, 6) is 0.0591. The van der Waals surface area contributed by atoms with Gasteiger partial charge in [-0.05, 0) is 85.8 Å². The summed E-state index contributed by atoms with van der Waals surface area (Å²) >= 11 is 1.65. The Kier molecular flexibility index (Phi) is 8.59. The zero-order valence-electron chi connectivity index (χ0n) is 19.8. The number of aromatic nitrogens is 1. The molecule has 2 N–H and O–H groups in total. The van der Waals surface area contributed by atoms with E-state index in [0.29, 0.717) is 25.1 Å². The highest BCUT2D eigenvalue weighted by atomic mass is 32.2. The van der Waals surface area contributed by atoms with Gasteiger partial charge in [-0.15, -0.1) is 11.8 Å². The number of aliphatic hydroxyl groups excluding tert-OH is 1. The van der Waals surface area contributed by atoms with E-state index in [1.807, 2.05) is 24.3 Å². The quantitative estimate of drug-likeness (QED) is 0.380. The molecular weight excluding hydrogens is 467 g/mol. The molecule has 186 valence electrons. The largest absolute Gasteiger partial charge is 0.497 e. The van der Waals surface area contributed by atoms with Crippen LogP contribution in [0, 0.1) is 17.7 Å². The van der Waals surface area contributed by atoms with Crippen LogP contribution >= 0.6 is 11.8 Å². The van der Waals surface area contributed by atoms with Crippen LogP contribution in [0.25, 0.3) is 10.9 Å². The van der Waals surface area contributed by atoms with E-state index in [9.17, 15) is 19.4 Å². The van der Waals surface area contributed by atoms with Crippen molar-refractivity contribution in [3.8, 4) is 5.75 Å². The number of thioether (sulfide) groups is 1. The van der Waals surface area contributed by atoms with Gasteiger partial charge in [0.05, 0.1) is 24.6 Å². The highest BCUT2D eigenvalue weighted by molar-refractivity contribution is 7.99. The molecule has 0 bridgehead atoms. The topological polar surface area (TPSA) is 82.9 Å². The number of piperidine rings is 1. The lowest BCUT2D eigenvalue weighted by atomic mass is 9.81. The predicted octanol–water partition coefficient (Wildman–Crippen LogP) is 5.01. The summed E-state index contributed by atoms with van der Waals surface area (Å²) in [6, 6.07) is 13.8. The number of methoxy groups -OCH3 is 1. The van der Waals surface area contributed by atoms with Crippen LogP contribution in [-0.2, 0) is 4.79 Å². The molecule has 3 aromatic rings. The summed E-state index contributed by atoms with van der Waals surface area (Å²) in [5, 5.41) is 21.7. The summed E-state index contributed by atoms with van der Waals surface area (Å²) < 4.78 is 18.4. The number of pyridine rings is 1. The number of nitrogens with zero attached hydrogens (tertiary/aromatic N) is 2. The number of likely N-dealkylation sites (tertiary alicyclic amines) is 1. The maximum Gasteiger partial charge on any atom is 0.308 e. The van der Waals surface area contributed by atoms with Crippen LogP contribution in [0.2, 0.25) is 0 Å². The number of halogens is 1. The molecule has 0 amide bonds. The number of aliphatic hydroxyl groups is 1. The Hall–Kier alpha value is -2.68. The van der Waals surface area contributed by atoms with Gasteiger partial charge in [0, 0.05) is 35.3 Å². The second-order valence-electron chi connectivity index (χ2n) is 8.97. The lowest BCUT2D eigenvalue weighted by molar-refractivity contribution is -0.146. The normalized spacial score (nSPS) is 19.5. The molecule has 1 aliphatic heterocycles. The molecule has 2 heterocycles. The number of carboxylic acids is 1. The Bertz CT molecular complexity index is 1140. The highest BCUT2D eigenvalue weighted by Gasteiger charge is 2.34. The van der Waals surface area contributed by atoms with Gasteiger partial charge < -0.3 is 19.8 Å². The van der Waals surface area contributed by atoms with E-state index >= 15 is 0 Å². The number of rotatable bonds is 10. The third-order valence-corrected chi connectivity index (χ3v) is 7.79. The van der Waals surface area contributed by atoms with Crippen molar-refractivity contribution < 1.29 is 24.1 Å². The Labute approximate surface area is 209 Å². The second kappa shape index (κ2) is 11.8. The maximum absolute atomic E-state index is 13.1. The molecule has 1 aromatic heterocycles. The molecule has 1 saturated heterocycles. The van der Waals surface area contributed by atoms with Crippen LogP contribution in [0.3, 0.4) is 0 Å². The third-order valence-electron chi connectivity index (χ3n) is 6.80. The van der Waals surface area contributed by atoms with Gasteiger partial charge in [0.15, 0.2) is 0 Å². The zero-order chi connectivity index (χ0) is 24.8. The van der Waals surface area contributed by atoms with Gasteiger partial charge in [-0.1, -0.05) is 0 Å². The number of benzene rings is 2. The van der Waals surface area contributed by atoms with Crippen LogP contribution in [0.4, 0.5) is 4.39 Å². The first kappa shape index (κ1) is 25.4. The minimum atomic E-state index is -0.778. The van der Waals surface area contributed by atoms with Crippen LogP contribution in [0.1, 0.15) is 30.9 Å². The molecule has 6 nitrogen and oxygen atoms in total. The molecule has 1 aliphatic rings. The second-order valence-corrected chi connectivity index (χ2v) is 10.1. The lowest BCUT2D eigenvalue weighted by Gasteiger charge is -2.37. The third kappa shape index (κ3) is 6.51. The first-order valence-corrected chi connectivity index (χ1v) is 12.9. The Morgan fingerprint density at radius 2 is 2.06 bits per heavy atom. The van der Waals surface area contributed by atoms with Crippen molar-refractivity contribution in [2.24, 2.45) is 11.8 Å². The minimum absolute atomic E-state index is 0.0192. The van der Waals surface area contributed by atoms with Crippen molar-refractivity contribution in [2.75, 3.05) is 32.5 Å². The van der Waals surface area contributed by atoms with E-state index in [2.05, 4.69) is 9.88 Å². The Balaban J connectivity index is 1.32. The monoisotopic (exact) mass is 498 g/mol. The Morgan fingerprint density at radius 3 is 2.80 bits per heavy atom. The fraction of sp³-hybridized carbons (Fsp3) is 0.407. The van der Waals surface area contributed by atoms with Crippen molar-refractivity contribution in [1.29, 1.82) is 0 Å². The molecule has 4 rings (SSSR count). The molecule has 2 aromatic carbocycles. The number of aliphatic carboxylic acids is 1. The van der Waals surface area contributed by atoms with Crippen molar-refractivity contribution in [3.63, 3.8) is 0 Å². The van der Waals surface area contributed by atoms with E-state index in [1.165, 1.54) is 12.1 Å². The van der Waals surface area contributed by atoms with E-state index in [1.54, 1.807) is 37.2 Å². The average molecular weight is 499 g/mol. The molecule has 0 aliphatic carbocycles. The molecule has 0 saturated carbocycles. The van der Waals surface area contributed by atoms with Crippen LogP contribution in [0.15, 0.2) is 59.6 Å². The van der Waals surface area contributed by atoms with E-state index in [0.717, 1.165) is 46.6 Å². The molecule has 35 heavy (non-hydrogen) atoms. The first-order chi connectivity index (χ1) is 16.9. The van der Waals surface area contributed by atoms with Gasteiger partial charge >= 0.3 is 5.97 Å². The molecule has 3 atom stereocenters. The summed E-state index contributed by atoms with van der Waals surface area (Å²) in [4.78, 5) is 19.6. The zero-order valence-corrected chi connectivity index (χ0v) is 20.6. The summed E-state index contributed by atoms with van der Waals surface area (Å²) in [7, 11) is 1.60. The van der Waals surface area contributed by atoms with E-state index < -0.39 is 18.0 Å². The van der Waals surface area contributed by atoms with E-state index in [4.69, 9.17) is 4.74 Å². The Morgan fingerprint density at radius 1 is 1.26 bits per heavy atom. The molecule has 0 radical (unpaired) electrons. The SMILES string of the molecule is COc1ccc2nccc([C@H](O)CC[C@@H]3CCN(CCSc4ccc(F)cc4)C[C@@H]3C(=O)O)c2c1. The number of ether oxygens (including phenoxy) is 1. The van der Waals surface area contributed by atoms with Gasteiger partial charge in [0.2, 0.25) is 0 Å². The van der Waals surface area contributed by atoms with Crippen LogP contribution < -0.4 is 4.74 Å². The van der Waals surface area contributed by atoms with Gasteiger partial charge in [-0.3, -0.25) is 9.78 Å². The summed E-state index contributed by atoms with van der Waals surface area (Å²) in [5.41, 5.74) is 1.58. The summed E-state index contributed by atoms with van der Waals surface area (Å²) in [6.45, 7) is 2.13. The van der Waals surface area contributed by atoms with Crippen LogP contribution in [-0.4, -0.2) is 58.6 Å². The van der Waals surface area contributed by atoms with Crippen LogP contribution in [0.5, 0.6) is 5.75 Å². The number of hydrogen-bond acceptors (Lipinski definition) is 6. The number of hydrogen-bond donors (Lipinski definition) is 2. The summed E-state index contributed by atoms with van der Waals surface area (Å²) in [6.07, 6.45) is 2.91. The number of carbonyl (C=O) groups is 1. The van der Waals surface area contributed by atoms with Crippen molar-refractivity contribution in [3.05, 3.63) is 66.1 Å². The molecule has 1 fully saturated rings. The molecule has 0 unspecified atom stereocenters. The van der Waals surface area contributed by atoms with Crippen molar-refractivity contribution in [2.45, 2.75) is 30.3 Å². The molecule has 8 heteroatoms. The number of carboxylic acid groups (broad SMARTS) is 1. The average Bonchev–Trinajstić information content (AvgIpc) is 2.88. The molecular formula is C27H31FN2O4S. The fourth-order valence-electron chi connectivity index (χ4n) is 4.81. The van der Waals surface area contributed by atoms with Gasteiger partial charge in [0.1, 0.15) is 11.6 Å². The van der Waals surface area contributed by atoms with Gasteiger partial charge in [-0.2, -0.15) is 0 Å². The lowest BCUT2D eigenvalue weighted by Crippen LogP contribution is -2.44. The van der Waals surface area contributed by atoms with Crippen molar-refractivity contribution in [1.82, 2.24) is 9.88 Å². The van der Waals surface area contributed by atoms with E-state index in [-0.39, 0.29) is 11.7 Å². The number of fused-ring (bicyclic) bond motifs is 1. The molecule has 0 spiro atoms. The van der Waals surface area contributed by atoms with Crippen molar-refractivity contribution >= 4 is 28.6 Å². The maximum atomic E-state index is 13.1. The predicted molar refractivity (Wildman–Crippen MR) is 135 cm³/mol. The fourth-order valence-corrected chi connectivity index (χ4v) is 5.73. The smallest absolute Gasteiger partial charge is 0.308 e. The van der Waals surface area contributed by atoms with Gasteiger partial charge in [-0.25, -0.2) is 4.39 Å². The minimum Gasteiger partial charge on any atom is -0.497 e. The first-order valence-electron chi connectivity index (χ1n) is 11.9.